The van der Waals surface area contributed by atoms with Crippen molar-refractivity contribution in [3.8, 4) is 5.75 Å². The third-order valence-electron chi connectivity index (χ3n) is 5.51. The van der Waals surface area contributed by atoms with Crippen LogP contribution in [0.25, 0.3) is 6.08 Å². The van der Waals surface area contributed by atoms with Crippen LogP contribution in [0.2, 0.25) is 0 Å². The lowest BCUT2D eigenvalue weighted by atomic mass is 10.1. The van der Waals surface area contributed by atoms with Crippen LogP contribution in [0.4, 0.5) is 0 Å². The summed E-state index contributed by atoms with van der Waals surface area (Å²) in [4.78, 5) is 0.380. The Morgan fingerprint density at radius 3 is 2.63 bits per heavy atom. The van der Waals surface area contributed by atoms with Gasteiger partial charge in [0, 0.05) is 31.5 Å². The highest BCUT2D eigenvalue weighted by Crippen LogP contribution is 2.30. The van der Waals surface area contributed by atoms with Crippen molar-refractivity contribution in [2.24, 2.45) is 0 Å². The summed E-state index contributed by atoms with van der Waals surface area (Å²) in [5.74, 6) is 2.26. The summed E-state index contributed by atoms with van der Waals surface area (Å²) in [6.45, 7) is 1.51. The summed E-state index contributed by atoms with van der Waals surface area (Å²) < 4.78 is 36.0. The number of sulfonamides is 1. The first-order chi connectivity index (χ1) is 14.6. The lowest BCUT2D eigenvalue weighted by molar-refractivity contribution is 0.319. The first-order valence-corrected chi connectivity index (χ1v) is 11.4. The number of hydrogen-bond donors (Lipinski definition) is 0. The monoisotopic (exact) mass is 422 g/mol. The molecule has 0 aliphatic carbocycles. The van der Waals surface area contributed by atoms with Crippen molar-refractivity contribution in [2.45, 2.75) is 25.9 Å². The number of benzene rings is 2. The van der Waals surface area contributed by atoms with E-state index in [2.05, 4.69) is 22.3 Å². The lowest BCUT2D eigenvalue weighted by Gasteiger charge is -2.28. The van der Waals surface area contributed by atoms with Crippen LogP contribution in [0.3, 0.4) is 0 Å². The minimum absolute atomic E-state index is 0.226. The molecule has 3 aromatic rings. The summed E-state index contributed by atoms with van der Waals surface area (Å²) in [5, 5.41) is 8.60. The highest BCUT2D eigenvalue weighted by molar-refractivity contribution is 7.93. The van der Waals surface area contributed by atoms with Crippen molar-refractivity contribution in [2.75, 3.05) is 13.2 Å². The average Bonchev–Trinajstić information content (AvgIpc) is 3.02. The summed E-state index contributed by atoms with van der Waals surface area (Å²) in [6, 6.07) is 17.6. The third kappa shape index (κ3) is 3.53. The molecule has 0 bridgehead atoms. The molecular formula is C22H22N4O3S. The third-order valence-corrected chi connectivity index (χ3v) is 7.49. The molecule has 154 valence electrons. The van der Waals surface area contributed by atoms with Crippen LogP contribution in [-0.2, 0) is 29.5 Å². The van der Waals surface area contributed by atoms with E-state index in [4.69, 9.17) is 4.74 Å². The van der Waals surface area contributed by atoms with E-state index in [-0.39, 0.29) is 6.54 Å². The number of hydrogen-bond acceptors (Lipinski definition) is 5. The second kappa shape index (κ2) is 7.70. The number of ether oxygens (including phenoxy) is 1. The smallest absolute Gasteiger partial charge is 0.239 e. The van der Waals surface area contributed by atoms with E-state index in [0.717, 1.165) is 17.0 Å². The summed E-state index contributed by atoms with van der Waals surface area (Å²) in [5.41, 5.74) is 1.95. The summed E-state index contributed by atoms with van der Waals surface area (Å²) in [7, 11) is -3.61. The Labute approximate surface area is 175 Å². The fourth-order valence-electron chi connectivity index (χ4n) is 3.92. The molecule has 0 unspecified atom stereocenters. The molecule has 3 heterocycles. The van der Waals surface area contributed by atoms with Gasteiger partial charge in [-0.25, -0.2) is 8.42 Å². The molecule has 0 atom stereocenters. The molecule has 1 aromatic heterocycles. The molecule has 7 nitrogen and oxygen atoms in total. The molecule has 2 aliphatic heterocycles. The van der Waals surface area contributed by atoms with Gasteiger partial charge in [0.05, 0.1) is 18.1 Å². The average molecular weight is 423 g/mol. The predicted octanol–water partition coefficient (Wildman–Crippen LogP) is 2.84. The number of rotatable bonds is 4. The molecular weight excluding hydrogens is 400 g/mol. The van der Waals surface area contributed by atoms with Crippen LogP contribution in [0.5, 0.6) is 5.75 Å². The van der Waals surface area contributed by atoms with Crippen LogP contribution in [-0.4, -0.2) is 40.6 Å². The number of nitrogens with zero attached hydrogens (tertiary/aromatic N) is 4. The first kappa shape index (κ1) is 19.0. The van der Waals surface area contributed by atoms with Crippen molar-refractivity contribution < 1.29 is 13.2 Å². The summed E-state index contributed by atoms with van der Waals surface area (Å²) in [6.07, 6.45) is 2.76. The fraction of sp³-hybridized carbons (Fsp3) is 0.273. The Kier molecular flexibility index (Phi) is 4.88. The molecule has 2 aliphatic rings. The standard InChI is InChI=1S/C22H22N4O3S/c27-30(28,19-10-13-29-20-9-5-4-8-18(20)15-19)25-11-12-26-21(23-24-22(26)16-25)14-17-6-2-1-3-7-17/h1-9,15H,10-14,16H2. The molecule has 0 spiro atoms. The maximum absolute atomic E-state index is 13.4. The van der Waals surface area contributed by atoms with E-state index in [9.17, 15) is 8.42 Å². The minimum Gasteiger partial charge on any atom is -0.493 e. The zero-order valence-corrected chi connectivity index (χ0v) is 17.3. The SMILES string of the molecule is O=S(=O)(C1=Cc2ccccc2OCC1)N1CCn2c(Cc3ccccc3)nnc2C1. The Bertz CT molecular complexity index is 1200. The van der Waals surface area contributed by atoms with Crippen LogP contribution >= 0.6 is 0 Å². The Hall–Kier alpha value is -2.97. The van der Waals surface area contributed by atoms with Crippen molar-refractivity contribution >= 4 is 16.1 Å². The number of aromatic nitrogens is 3. The van der Waals surface area contributed by atoms with Gasteiger partial charge in [-0.1, -0.05) is 48.5 Å². The van der Waals surface area contributed by atoms with E-state index in [1.54, 1.807) is 6.08 Å². The van der Waals surface area contributed by atoms with Gasteiger partial charge in [0.25, 0.3) is 0 Å². The Morgan fingerprint density at radius 1 is 0.967 bits per heavy atom. The van der Waals surface area contributed by atoms with Gasteiger partial charge in [0.15, 0.2) is 0 Å². The molecule has 5 rings (SSSR count). The van der Waals surface area contributed by atoms with Crippen LogP contribution in [0, 0.1) is 0 Å². The Morgan fingerprint density at radius 2 is 1.77 bits per heavy atom. The Balaban J connectivity index is 1.39. The number of fused-ring (bicyclic) bond motifs is 2. The van der Waals surface area contributed by atoms with Crippen molar-refractivity contribution in [3.05, 3.63) is 82.3 Å². The second-order valence-corrected chi connectivity index (χ2v) is 9.42. The molecule has 2 aromatic carbocycles. The van der Waals surface area contributed by atoms with Gasteiger partial charge in [-0.3, -0.25) is 0 Å². The highest BCUT2D eigenvalue weighted by atomic mass is 32.2. The molecule has 0 amide bonds. The van der Waals surface area contributed by atoms with Crippen LogP contribution in [0.1, 0.15) is 29.2 Å². The van der Waals surface area contributed by atoms with Crippen LogP contribution < -0.4 is 4.74 Å². The molecule has 0 saturated carbocycles. The van der Waals surface area contributed by atoms with E-state index in [0.29, 0.717) is 49.0 Å². The zero-order valence-electron chi connectivity index (χ0n) is 16.4. The van der Waals surface area contributed by atoms with Crippen molar-refractivity contribution in [1.82, 2.24) is 19.1 Å². The summed E-state index contributed by atoms with van der Waals surface area (Å²) >= 11 is 0. The lowest BCUT2D eigenvalue weighted by Crippen LogP contribution is -2.39. The van der Waals surface area contributed by atoms with Gasteiger partial charge < -0.3 is 9.30 Å². The van der Waals surface area contributed by atoms with E-state index in [1.807, 2.05) is 47.0 Å². The zero-order chi connectivity index (χ0) is 20.6. The topological polar surface area (TPSA) is 77.3 Å². The molecule has 0 N–H and O–H groups in total. The van der Waals surface area contributed by atoms with E-state index < -0.39 is 10.0 Å². The maximum atomic E-state index is 13.4. The van der Waals surface area contributed by atoms with Crippen molar-refractivity contribution in [1.29, 1.82) is 0 Å². The van der Waals surface area contributed by atoms with Gasteiger partial charge in [0.1, 0.15) is 17.4 Å². The molecule has 0 fully saturated rings. The van der Waals surface area contributed by atoms with Crippen LogP contribution in [0.15, 0.2) is 59.5 Å². The van der Waals surface area contributed by atoms with Gasteiger partial charge >= 0.3 is 0 Å². The van der Waals surface area contributed by atoms with E-state index >= 15 is 0 Å². The molecule has 8 heteroatoms. The normalized spacial score (nSPS) is 16.7. The minimum atomic E-state index is -3.61. The molecule has 30 heavy (non-hydrogen) atoms. The largest absolute Gasteiger partial charge is 0.493 e. The van der Waals surface area contributed by atoms with Gasteiger partial charge in [-0.05, 0) is 17.7 Å². The molecule has 0 saturated heterocycles. The highest BCUT2D eigenvalue weighted by Gasteiger charge is 2.32. The van der Waals surface area contributed by atoms with Crippen molar-refractivity contribution in [3.63, 3.8) is 0 Å². The maximum Gasteiger partial charge on any atom is 0.239 e. The second-order valence-electron chi connectivity index (χ2n) is 7.43. The van der Waals surface area contributed by atoms with E-state index in [1.165, 1.54) is 4.31 Å². The van der Waals surface area contributed by atoms with Gasteiger partial charge in [-0.2, -0.15) is 4.31 Å². The van der Waals surface area contributed by atoms with Gasteiger partial charge in [-0.15, -0.1) is 10.2 Å². The number of para-hydroxylation sites is 1. The fourth-order valence-corrected chi connectivity index (χ4v) is 5.47. The first-order valence-electron chi connectivity index (χ1n) is 9.99. The van der Waals surface area contributed by atoms with Gasteiger partial charge in [0.2, 0.25) is 10.0 Å². The molecule has 0 radical (unpaired) electrons. The predicted molar refractivity (Wildman–Crippen MR) is 113 cm³/mol. The quantitative estimate of drug-likeness (QED) is 0.646.